The van der Waals surface area contributed by atoms with Crippen LogP contribution in [-0.2, 0) is 19.1 Å². The van der Waals surface area contributed by atoms with E-state index in [4.69, 9.17) is 0 Å². The summed E-state index contributed by atoms with van der Waals surface area (Å²) in [6, 6.07) is 5.26. The summed E-state index contributed by atoms with van der Waals surface area (Å²) in [7, 11) is 0. The molecule has 0 aliphatic heterocycles. The van der Waals surface area contributed by atoms with Crippen LogP contribution in [0.4, 0.5) is 13.2 Å². The maximum atomic E-state index is 13.0. The predicted molar refractivity (Wildman–Crippen MR) is 84.4 cm³/mol. The van der Waals surface area contributed by atoms with Crippen LogP contribution in [0.2, 0.25) is 0 Å². The summed E-state index contributed by atoms with van der Waals surface area (Å²) in [6.07, 6.45) is 2.19. The Hall–Kier alpha value is -2.74. The molecule has 25 heavy (non-hydrogen) atoms. The Labute approximate surface area is 141 Å². The van der Waals surface area contributed by atoms with Crippen molar-refractivity contribution in [2.45, 2.75) is 25.2 Å². The van der Waals surface area contributed by atoms with E-state index in [1.54, 1.807) is 17.0 Å². The second-order valence-electron chi connectivity index (χ2n) is 5.51. The summed E-state index contributed by atoms with van der Waals surface area (Å²) >= 11 is 0. The molecule has 0 amide bonds. The number of aliphatic hydroxyl groups excluding tert-OH is 1. The highest BCUT2D eigenvalue weighted by atomic mass is 19.4. The number of aliphatic hydroxyl groups is 1. The molecule has 5 nitrogen and oxygen atoms in total. The number of alkyl halides is 3. The highest BCUT2D eigenvalue weighted by Gasteiger charge is 2.33. The Balaban J connectivity index is 1.77. The van der Waals surface area contributed by atoms with Crippen molar-refractivity contribution < 1.29 is 18.3 Å². The second kappa shape index (κ2) is 7.02. The molecule has 8 heteroatoms. The molecule has 0 saturated carbocycles. The van der Waals surface area contributed by atoms with Crippen LogP contribution in [0, 0.1) is 0 Å². The molecular weight excluding hydrogens is 333 g/mol. The fourth-order valence-corrected chi connectivity index (χ4v) is 2.62. The van der Waals surface area contributed by atoms with E-state index in [-0.39, 0.29) is 18.5 Å². The minimum atomic E-state index is -4.45. The molecule has 2 heterocycles. The molecule has 0 fully saturated rings. The van der Waals surface area contributed by atoms with Crippen molar-refractivity contribution in [1.82, 2.24) is 19.5 Å². The first-order valence-electron chi connectivity index (χ1n) is 7.56. The number of rotatable bonds is 5. The van der Waals surface area contributed by atoms with Crippen LogP contribution in [0.3, 0.4) is 0 Å². The van der Waals surface area contributed by atoms with Gasteiger partial charge in [0.15, 0.2) is 5.82 Å². The van der Waals surface area contributed by atoms with Crippen LogP contribution in [0.25, 0.3) is 11.5 Å². The summed E-state index contributed by atoms with van der Waals surface area (Å²) in [5.74, 6) is 0.497. The molecule has 1 atom stereocenters. The Bertz CT molecular complexity index is 833. The molecule has 3 aromatic rings. The van der Waals surface area contributed by atoms with Crippen molar-refractivity contribution in [2.75, 3.05) is 0 Å². The van der Waals surface area contributed by atoms with E-state index in [1.807, 2.05) is 0 Å². The van der Waals surface area contributed by atoms with Gasteiger partial charge in [-0.25, -0.2) is 9.97 Å². The normalized spacial score (nSPS) is 13.0. The summed E-state index contributed by atoms with van der Waals surface area (Å²) in [5, 5.41) is 10.3. The topological polar surface area (TPSA) is 63.8 Å². The average Bonchev–Trinajstić information content (AvgIpc) is 3.03. The molecule has 0 spiro atoms. The van der Waals surface area contributed by atoms with E-state index in [0.717, 1.165) is 6.07 Å². The highest BCUT2D eigenvalue weighted by Crippen LogP contribution is 2.32. The lowest BCUT2D eigenvalue weighted by Gasteiger charge is -2.17. The van der Waals surface area contributed by atoms with Gasteiger partial charge in [0.2, 0.25) is 0 Å². The van der Waals surface area contributed by atoms with Crippen LogP contribution < -0.4 is 0 Å². The van der Waals surface area contributed by atoms with E-state index < -0.39 is 17.8 Å². The summed E-state index contributed by atoms with van der Waals surface area (Å²) in [6.45, 7) is 0.0953. The zero-order valence-corrected chi connectivity index (χ0v) is 13.1. The Kier molecular flexibility index (Phi) is 4.80. The zero-order chi connectivity index (χ0) is 17.9. The van der Waals surface area contributed by atoms with Crippen molar-refractivity contribution >= 4 is 0 Å². The Morgan fingerprint density at radius 3 is 2.60 bits per heavy atom. The van der Waals surface area contributed by atoms with Crippen molar-refractivity contribution in [3.8, 4) is 11.5 Å². The van der Waals surface area contributed by atoms with Gasteiger partial charge in [-0.2, -0.15) is 13.2 Å². The van der Waals surface area contributed by atoms with Gasteiger partial charge in [0.1, 0.15) is 5.69 Å². The number of aromatic nitrogens is 4. The molecule has 0 saturated heterocycles. The third-order valence-electron chi connectivity index (χ3n) is 3.69. The molecule has 1 N–H and O–H groups in total. The van der Waals surface area contributed by atoms with Crippen LogP contribution in [0.5, 0.6) is 0 Å². The van der Waals surface area contributed by atoms with Crippen molar-refractivity contribution in [2.24, 2.45) is 0 Å². The first-order chi connectivity index (χ1) is 11.9. The lowest BCUT2D eigenvalue weighted by Crippen LogP contribution is -2.21. The Morgan fingerprint density at radius 1 is 1.08 bits per heavy atom. The van der Waals surface area contributed by atoms with Gasteiger partial charge in [0.25, 0.3) is 0 Å². The highest BCUT2D eigenvalue weighted by molar-refractivity contribution is 5.47. The van der Waals surface area contributed by atoms with Gasteiger partial charge >= 0.3 is 6.18 Å². The van der Waals surface area contributed by atoms with Crippen molar-refractivity contribution in [3.63, 3.8) is 0 Å². The third-order valence-corrected chi connectivity index (χ3v) is 3.69. The van der Waals surface area contributed by atoms with Gasteiger partial charge in [-0.15, -0.1) is 0 Å². The van der Waals surface area contributed by atoms with Crippen LogP contribution in [0.1, 0.15) is 11.1 Å². The molecular formula is C17H15F3N4O. The van der Waals surface area contributed by atoms with Gasteiger partial charge < -0.3 is 9.67 Å². The largest absolute Gasteiger partial charge is 0.416 e. The molecule has 2 aromatic heterocycles. The minimum absolute atomic E-state index is 0.0590. The molecule has 130 valence electrons. The minimum Gasteiger partial charge on any atom is -0.391 e. The summed E-state index contributed by atoms with van der Waals surface area (Å²) in [4.78, 5) is 12.3. The first-order valence-corrected chi connectivity index (χ1v) is 7.56. The molecule has 0 radical (unpaired) electrons. The van der Waals surface area contributed by atoms with E-state index in [9.17, 15) is 18.3 Å². The number of imidazole rings is 1. The van der Waals surface area contributed by atoms with Gasteiger partial charge in [-0.3, -0.25) is 4.98 Å². The Morgan fingerprint density at radius 2 is 1.88 bits per heavy atom. The van der Waals surface area contributed by atoms with Gasteiger partial charge in [0.05, 0.1) is 24.4 Å². The predicted octanol–water partition coefficient (Wildman–Crippen LogP) is 2.96. The summed E-state index contributed by atoms with van der Waals surface area (Å²) < 4.78 is 40.8. The molecule has 0 bridgehead atoms. The molecule has 3 rings (SSSR count). The number of nitrogens with zero attached hydrogens (tertiary/aromatic N) is 4. The first kappa shape index (κ1) is 17.1. The monoisotopic (exact) mass is 348 g/mol. The smallest absolute Gasteiger partial charge is 0.391 e. The van der Waals surface area contributed by atoms with E-state index in [2.05, 4.69) is 15.0 Å². The summed E-state index contributed by atoms with van der Waals surface area (Å²) in [5.41, 5.74) is -0.145. The molecule has 0 aliphatic carbocycles. The van der Waals surface area contributed by atoms with E-state index >= 15 is 0 Å². The standard InChI is InChI=1S/C17H15F3N4O/c18-17(19,20)14-4-2-1-3-12(14)9-13(25)11-24-8-7-23-16(24)15-10-21-5-6-22-15/h1-8,10,13,25H,9,11H2. The lowest BCUT2D eigenvalue weighted by molar-refractivity contribution is -0.138. The van der Waals surface area contributed by atoms with Gasteiger partial charge in [-0.1, -0.05) is 18.2 Å². The van der Waals surface area contributed by atoms with Crippen LogP contribution in [-0.4, -0.2) is 30.7 Å². The average molecular weight is 348 g/mol. The fraction of sp³-hybridized carbons (Fsp3) is 0.235. The maximum Gasteiger partial charge on any atom is 0.416 e. The van der Waals surface area contributed by atoms with E-state index in [0.29, 0.717) is 11.5 Å². The SMILES string of the molecule is OC(Cc1ccccc1C(F)(F)F)Cn1ccnc1-c1cnccn1. The molecule has 1 aromatic carbocycles. The van der Waals surface area contributed by atoms with Crippen LogP contribution >= 0.6 is 0 Å². The third kappa shape index (κ3) is 4.03. The molecule has 0 aliphatic rings. The number of hydrogen-bond donors (Lipinski definition) is 1. The fourth-order valence-electron chi connectivity index (χ4n) is 2.62. The quantitative estimate of drug-likeness (QED) is 0.770. The number of benzene rings is 1. The number of hydrogen-bond acceptors (Lipinski definition) is 4. The molecule has 1 unspecified atom stereocenters. The second-order valence-corrected chi connectivity index (χ2v) is 5.51. The maximum absolute atomic E-state index is 13.0. The van der Waals surface area contributed by atoms with Crippen molar-refractivity contribution in [1.29, 1.82) is 0 Å². The number of halogens is 3. The van der Waals surface area contributed by atoms with Gasteiger partial charge in [0, 0.05) is 31.2 Å². The van der Waals surface area contributed by atoms with E-state index in [1.165, 1.54) is 36.8 Å². The van der Waals surface area contributed by atoms with Crippen LogP contribution in [0.15, 0.2) is 55.2 Å². The van der Waals surface area contributed by atoms with Gasteiger partial charge in [-0.05, 0) is 11.6 Å². The van der Waals surface area contributed by atoms with Crippen molar-refractivity contribution in [3.05, 3.63) is 66.4 Å². The zero-order valence-electron chi connectivity index (χ0n) is 13.1. The lowest BCUT2D eigenvalue weighted by atomic mass is 10.0.